The first kappa shape index (κ1) is 14.1. The van der Waals surface area contributed by atoms with E-state index in [1.807, 2.05) is 30.3 Å². The number of rotatable bonds is 5. The number of ether oxygens (including phenoxy) is 1. The molecule has 0 saturated carbocycles. The third kappa shape index (κ3) is 3.17. The van der Waals surface area contributed by atoms with Crippen molar-refractivity contribution in [3.63, 3.8) is 0 Å². The van der Waals surface area contributed by atoms with Gasteiger partial charge in [-0.3, -0.25) is 4.79 Å². The first-order valence-corrected chi connectivity index (χ1v) is 6.48. The van der Waals surface area contributed by atoms with Crippen LogP contribution in [0, 0.1) is 0 Å². The van der Waals surface area contributed by atoms with Crippen molar-refractivity contribution in [3.8, 4) is 0 Å². The zero-order chi connectivity index (χ0) is 14.6. The average Bonchev–Trinajstić information content (AvgIpc) is 2.38. The van der Waals surface area contributed by atoms with Crippen LogP contribution in [0.1, 0.15) is 31.2 Å². The Hall–Kier alpha value is -2.30. The van der Waals surface area contributed by atoms with Gasteiger partial charge in [0, 0.05) is 12.8 Å². The van der Waals surface area contributed by atoms with Gasteiger partial charge in [-0.15, -0.1) is 0 Å². The number of cyclic esters (lactones) is 1. The number of aliphatic hydroxyl groups is 1. The lowest BCUT2D eigenvalue weighted by Gasteiger charge is -2.36. The molecule has 1 heterocycles. The zero-order valence-corrected chi connectivity index (χ0v) is 11.0. The highest BCUT2D eigenvalue weighted by Gasteiger charge is 2.39. The lowest BCUT2D eigenvalue weighted by atomic mass is 9.83. The van der Waals surface area contributed by atoms with Crippen LogP contribution in [-0.4, -0.2) is 17.0 Å². The molecule has 0 bridgehead atoms. The van der Waals surface area contributed by atoms with Gasteiger partial charge in [0.05, 0.1) is 6.08 Å². The largest absolute Gasteiger partial charge is 0.512 e. The van der Waals surface area contributed by atoms with E-state index < -0.39 is 17.5 Å². The Morgan fingerprint density at radius 2 is 2.05 bits per heavy atom. The second-order valence-corrected chi connectivity index (χ2v) is 4.91. The van der Waals surface area contributed by atoms with Crippen molar-refractivity contribution in [1.82, 2.24) is 0 Å². The van der Waals surface area contributed by atoms with Gasteiger partial charge in [-0.1, -0.05) is 30.3 Å². The Balaban J connectivity index is 2.27. The van der Waals surface area contributed by atoms with Gasteiger partial charge >= 0.3 is 5.97 Å². The number of hydrogen-bond donors (Lipinski definition) is 2. The standard InChI is InChI=1S/C15H17NO4/c16-13(18)7-4-8-15(11-5-2-1-3-6-11)10-12(17)9-14(19)20-15/h1-3,5-6,9,17H,4,7-8,10H2,(H2,16,18). The first-order valence-electron chi connectivity index (χ1n) is 6.48. The summed E-state index contributed by atoms with van der Waals surface area (Å²) in [6.07, 6.45) is 2.43. The predicted octanol–water partition coefficient (Wildman–Crippen LogP) is 1.93. The van der Waals surface area contributed by atoms with E-state index in [0.717, 1.165) is 11.6 Å². The maximum absolute atomic E-state index is 11.6. The van der Waals surface area contributed by atoms with E-state index in [-0.39, 0.29) is 18.6 Å². The summed E-state index contributed by atoms with van der Waals surface area (Å²) >= 11 is 0. The maximum Gasteiger partial charge on any atom is 0.335 e. The van der Waals surface area contributed by atoms with Crippen LogP contribution in [0.5, 0.6) is 0 Å². The van der Waals surface area contributed by atoms with Gasteiger partial charge in [0.25, 0.3) is 0 Å². The number of hydrogen-bond acceptors (Lipinski definition) is 4. The summed E-state index contributed by atoms with van der Waals surface area (Å²) < 4.78 is 5.48. The quantitative estimate of drug-likeness (QED) is 0.803. The molecule has 0 saturated heterocycles. The monoisotopic (exact) mass is 275 g/mol. The normalized spacial score (nSPS) is 22.0. The molecule has 3 N–H and O–H groups in total. The minimum Gasteiger partial charge on any atom is -0.512 e. The number of nitrogens with two attached hydrogens (primary N) is 1. The SMILES string of the molecule is NC(=O)CCCC1(c2ccccc2)CC(O)=CC(=O)O1. The van der Waals surface area contributed by atoms with Crippen molar-refractivity contribution in [2.24, 2.45) is 5.73 Å². The summed E-state index contributed by atoms with van der Waals surface area (Å²) in [5.41, 5.74) is 5.02. The highest BCUT2D eigenvalue weighted by Crippen LogP contribution is 2.39. The van der Waals surface area contributed by atoms with Gasteiger partial charge in [-0.25, -0.2) is 4.79 Å². The minimum absolute atomic E-state index is 0.0100. The van der Waals surface area contributed by atoms with E-state index in [9.17, 15) is 14.7 Å². The number of carbonyl (C=O) groups excluding carboxylic acids is 2. The summed E-state index contributed by atoms with van der Waals surface area (Å²) in [5, 5.41) is 9.75. The van der Waals surface area contributed by atoms with E-state index in [1.165, 1.54) is 0 Å². The Morgan fingerprint density at radius 3 is 2.65 bits per heavy atom. The van der Waals surface area contributed by atoms with Crippen molar-refractivity contribution < 1.29 is 19.4 Å². The van der Waals surface area contributed by atoms with Crippen LogP contribution in [0.4, 0.5) is 0 Å². The van der Waals surface area contributed by atoms with Crippen LogP contribution in [0.25, 0.3) is 0 Å². The second-order valence-electron chi connectivity index (χ2n) is 4.91. The number of primary amides is 1. The fourth-order valence-corrected chi connectivity index (χ4v) is 2.47. The van der Waals surface area contributed by atoms with Crippen molar-refractivity contribution in [3.05, 3.63) is 47.7 Å². The molecule has 1 aliphatic heterocycles. The molecule has 1 aromatic rings. The van der Waals surface area contributed by atoms with Crippen LogP contribution in [0.2, 0.25) is 0 Å². The summed E-state index contributed by atoms with van der Waals surface area (Å²) in [6.45, 7) is 0. The molecule has 5 heteroatoms. The van der Waals surface area contributed by atoms with E-state index in [2.05, 4.69) is 0 Å². The molecular weight excluding hydrogens is 258 g/mol. The Kier molecular flexibility index (Phi) is 4.08. The first-order chi connectivity index (χ1) is 9.52. The third-order valence-corrected chi connectivity index (χ3v) is 3.35. The summed E-state index contributed by atoms with van der Waals surface area (Å²) in [7, 11) is 0. The Labute approximate surface area is 117 Å². The molecule has 0 aromatic heterocycles. The fraction of sp³-hybridized carbons (Fsp3) is 0.333. The number of carbonyl (C=O) groups is 2. The fourth-order valence-electron chi connectivity index (χ4n) is 2.47. The van der Waals surface area contributed by atoms with E-state index in [4.69, 9.17) is 10.5 Å². The molecule has 0 fully saturated rings. The number of esters is 1. The van der Waals surface area contributed by atoms with Crippen molar-refractivity contribution in [1.29, 1.82) is 0 Å². The Morgan fingerprint density at radius 1 is 1.35 bits per heavy atom. The lowest BCUT2D eigenvalue weighted by Crippen LogP contribution is -2.36. The lowest BCUT2D eigenvalue weighted by molar-refractivity contribution is -0.159. The van der Waals surface area contributed by atoms with Gasteiger partial charge < -0.3 is 15.6 Å². The maximum atomic E-state index is 11.6. The zero-order valence-electron chi connectivity index (χ0n) is 11.0. The van der Waals surface area contributed by atoms with Crippen molar-refractivity contribution >= 4 is 11.9 Å². The Bertz CT molecular complexity index is 538. The smallest absolute Gasteiger partial charge is 0.335 e. The molecule has 1 atom stereocenters. The topological polar surface area (TPSA) is 89.6 Å². The van der Waals surface area contributed by atoms with E-state index >= 15 is 0 Å². The van der Waals surface area contributed by atoms with Crippen LogP contribution in [0.3, 0.4) is 0 Å². The number of aliphatic hydroxyl groups excluding tert-OH is 1. The van der Waals surface area contributed by atoms with Crippen molar-refractivity contribution in [2.45, 2.75) is 31.3 Å². The molecule has 1 aliphatic rings. The molecule has 1 unspecified atom stereocenters. The van der Waals surface area contributed by atoms with Gasteiger partial charge in [-0.2, -0.15) is 0 Å². The molecule has 0 spiro atoms. The van der Waals surface area contributed by atoms with Crippen LogP contribution >= 0.6 is 0 Å². The molecule has 1 amide bonds. The molecular formula is C15H17NO4. The molecule has 0 aliphatic carbocycles. The average molecular weight is 275 g/mol. The summed E-state index contributed by atoms with van der Waals surface area (Å²) in [4.78, 5) is 22.5. The summed E-state index contributed by atoms with van der Waals surface area (Å²) in [6, 6.07) is 9.23. The van der Waals surface area contributed by atoms with Crippen LogP contribution in [-0.2, 0) is 19.9 Å². The number of amides is 1. The third-order valence-electron chi connectivity index (χ3n) is 3.35. The minimum atomic E-state index is -0.924. The van der Waals surface area contributed by atoms with Crippen molar-refractivity contribution in [2.75, 3.05) is 0 Å². The summed E-state index contributed by atoms with van der Waals surface area (Å²) in [5.74, 6) is -0.976. The van der Waals surface area contributed by atoms with Gasteiger partial charge in [0.2, 0.25) is 5.91 Å². The molecule has 2 rings (SSSR count). The van der Waals surface area contributed by atoms with Gasteiger partial charge in [-0.05, 0) is 18.4 Å². The predicted molar refractivity (Wildman–Crippen MR) is 72.6 cm³/mol. The second kappa shape index (κ2) is 5.77. The molecule has 20 heavy (non-hydrogen) atoms. The van der Waals surface area contributed by atoms with Crippen LogP contribution in [0.15, 0.2) is 42.2 Å². The van der Waals surface area contributed by atoms with Gasteiger partial charge in [0.1, 0.15) is 11.4 Å². The number of benzene rings is 1. The molecule has 0 radical (unpaired) electrons. The van der Waals surface area contributed by atoms with Gasteiger partial charge in [0.15, 0.2) is 0 Å². The molecule has 5 nitrogen and oxygen atoms in total. The highest BCUT2D eigenvalue weighted by molar-refractivity contribution is 5.84. The van der Waals surface area contributed by atoms with Crippen LogP contribution < -0.4 is 5.73 Å². The molecule has 106 valence electrons. The van der Waals surface area contributed by atoms with E-state index in [1.54, 1.807) is 0 Å². The highest BCUT2D eigenvalue weighted by atomic mass is 16.6. The molecule has 1 aromatic carbocycles. The van der Waals surface area contributed by atoms with E-state index in [0.29, 0.717) is 12.8 Å².